The molecule has 1 aromatic heterocycles. The maximum absolute atomic E-state index is 13.2. The quantitative estimate of drug-likeness (QED) is 0.183. The van der Waals surface area contributed by atoms with Gasteiger partial charge in [0.25, 0.3) is 0 Å². The van der Waals surface area contributed by atoms with Crippen LogP contribution in [0.25, 0.3) is 22.2 Å². The first-order chi connectivity index (χ1) is 14.7. The van der Waals surface area contributed by atoms with Crippen molar-refractivity contribution in [1.82, 2.24) is 4.98 Å². The number of allylic oxidation sites excluding steroid dienone is 2. The number of aliphatic hydroxyl groups is 1. The number of aromatic nitrogens is 1. The molecule has 179 valence electrons. The van der Waals surface area contributed by atoms with Gasteiger partial charge in [-0.15, -0.1) is 35.4 Å². The molecule has 2 aromatic carbocycles. The molecule has 1 heterocycles. The smallest absolute Gasteiger partial charge is 0.164 e. The van der Waals surface area contributed by atoms with Crippen LogP contribution in [-0.4, -0.2) is 15.9 Å². The van der Waals surface area contributed by atoms with Crippen LogP contribution in [0.15, 0.2) is 54.3 Å². The molecular formula is C27H30F2IrNO2-. The number of carbonyl (C=O) groups is 1. The van der Waals surface area contributed by atoms with Gasteiger partial charge in [0.05, 0.1) is 5.52 Å². The molecule has 0 atom stereocenters. The van der Waals surface area contributed by atoms with Gasteiger partial charge in [-0.1, -0.05) is 60.6 Å². The molecule has 3 aromatic rings. The molecule has 33 heavy (non-hydrogen) atoms. The molecule has 0 spiro atoms. The number of halogens is 2. The fraction of sp³-hybridized carbons (Fsp3) is 0.333. The SMILES string of the molecule is CC(C)(C)C(=O)/C=C(\O)C(C)(C)C.Cc1cc[c-]c(-c2ccc3cc(F)c(F)cc3n2)c1.[Ir]. The number of ketones is 1. The minimum atomic E-state index is -0.884. The summed E-state index contributed by atoms with van der Waals surface area (Å²) in [7, 11) is 0. The van der Waals surface area contributed by atoms with Gasteiger partial charge >= 0.3 is 0 Å². The molecular weight excluding hydrogens is 601 g/mol. The van der Waals surface area contributed by atoms with Crippen molar-refractivity contribution in [3.8, 4) is 11.3 Å². The fourth-order valence-corrected chi connectivity index (χ4v) is 2.55. The predicted molar refractivity (Wildman–Crippen MR) is 125 cm³/mol. The molecule has 0 aliphatic rings. The molecule has 1 N–H and O–H groups in total. The van der Waals surface area contributed by atoms with E-state index in [1.165, 1.54) is 6.08 Å². The standard InChI is InChI=1S/C16H10F2N.C11H20O2.Ir/c1-10-3-2-4-11(7-10)15-6-5-12-8-13(17)14(18)9-16(12)19-15;1-10(2,3)8(12)7-9(13)11(4,5)6;/h2-3,5-9H,1H3;7,12H,1-6H3;/q-1;;/b;8-7-;. The molecule has 0 fully saturated rings. The summed E-state index contributed by atoms with van der Waals surface area (Å²) >= 11 is 0. The Morgan fingerprint density at radius 1 is 0.970 bits per heavy atom. The van der Waals surface area contributed by atoms with Crippen LogP contribution in [0.2, 0.25) is 0 Å². The Labute approximate surface area is 208 Å². The number of pyridine rings is 1. The molecule has 0 bridgehead atoms. The Bertz CT molecular complexity index is 1160. The second kappa shape index (κ2) is 11.1. The monoisotopic (exact) mass is 631 g/mol. The summed E-state index contributed by atoms with van der Waals surface area (Å²) in [6, 6.07) is 14.6. The van der Waals surface area contributed by atoms with E-state index in [1.807, 2.05) is 66.7 Å². The topological polar surface area (TPSA) is 50.2 Å². The predicted octanol–water partition coefficient (Wildman–Crippen LogP) is 7.38. The third-order valence-corrected chi connectivity index (χ3v) is 4.74. The van der Waals surface area contributed by atoms with Gasteiger partial charge in [0, 0.05) is 48.5 Å². The average Bonchev–Trinajstić information content (AvgIpc) is 2.67. The Morgan fingerprint density at radius 2 is 1.58 bits per heavy atom. The van der Waals surface area contributed by atoms with E-state index in [2.05, 4.69) is 11.1 Å². The number of hydrogen-bond donors (Lipinski definition) is 1. The first-order valence-corrected chi connectivity index (χ1v) is 10.4. The number of aryl methyl sites for hydroxylation is 1. The normalized spacial score (nSPS) is 12.0. The van der Waals surface area contributed by atoms with Crippen LogP contribution >= 0.6 is 0 Å². The number of aliphatic hydroxyl groups excluding tert-OH is 1. The molecule has 0 saturated carbocycles. The van der Waals surface area contributed by atoms with E-state index in [1.54, 1.807) is 12.1 Å². The number of benzene rings is 2. The van der Waals surface area contributed by atoms with Gasteiger partial charge in [0.2, 0.25) is 0 Å². The van der Waals surface area contributed by atoms with Gasteiger partial charge in [0.1, 0.15) is 5.76 Å². The molecule has 0 aliphatic carbocycles. The van der Waals surface area contributed by atoms with E-state index in [9.17, 15) is 18.7 Å². The number of nitrogens with zero attached hydrogens (tertiary/aromatic N) is 1. The van der Waals surface area contributed by atoms with E-state index in [0.29, 0.717) is 16.6 Å². The van der Waals surface area contributed by atoms with Crippen molar-refractivity contribution in [2.24, 2.45) is 10.8 Å². The summed E-state index contributed by atoms with van der Waals surface area (Å²) in [6.07, 6.45) is 1.33. The Balaban J connectivity index is 0.000000346. The van der Waals surface area contributed by atoms with Crippen LogP contribution in [0.5, 0.6) is 0 Å². The largest absolute Gasteiger partial charge is 0.512 e. The summed E-state index contributed by atoms with van der Waals surface area (Å²) in [4.78, 5) is 15.8. The maximum Gasteiger partial charge on any atom is 0.164 e. The van der Waals surface area contributed by atoms with Gasteiger partial charge in [0.15, 0.2) is 17.4 Å². The van der Waals surface area contributed by atoms with Crippen LogP contribution in [0, 0.1) is 35.5 Å². The molecule has 0 amide bonds. The van der Waals surface area contributed by atoms with Crippen LogP contribution in [-0.2, 0) is 24.9 Å². The van der Waals surface area contributed by atoms with Gasteiger partial charge in [-0.05, 0) is 11.8 Å². The molecule has 3 nitrogen and oxygen atoms in total. The van der Waals surface area contributed by atoms with Crippen molar-refractivity contribution in [3.63, 3.8) is 0 Å². The Morgan fingerprint density at radius 3 is 2.12 bits per heavy atom. The minimum Gasteiger partial charge on any atom is -0.512 e. The summed E-state index contributed by atoms with van der Waals surface area (Å²) in [5.41, 5.74) is 2.31. The molecule has 6 heteroatoms. The molecule has 3 rings (SSSR count). The zero-order chi connectivity index (χ0) is 24.3. The van der Waals surface area contributed by atoms with E-state index >= 15 is 0 Å². The first kappa shape index (κ1) is 28.6. The Kier molecular flexibility index (Phi) is 9.65. The maximum atomic E-state index is 13.2. The molecule has 0 saturated heterocycles. The summed E-state index contributed by atoms with van der Waals surface area (Å²) in [5, 5.41) is 10.1. The summed E-state index contributed by atoms with van der Waals surface area (Å²) in [6.45, 7) is 13.1. The molecule has 0 unspecified atom stereocenters. The molecule has 1 radical (unpaired) electrons. The average molecular weight is 631 g/mol. The van der Waals surface area contributed by atoms with Crippen LogP contribution in [0.3, 0.4) is 0 Å². The van der Waals surface area contributed by atoms with Crippen molar-refractivity contribution in [1.29, 1.82) is 0 Å². The van der Waals surface area contributed by atoms with Crippen LogP contribution < -0.4 is 0 Å². The summed E-state index contributed by atoms with van der Waals surface area (Å²) < 4.78 is 26.3. The van der Waals surface area contributed by atoms with Gasteiger partial charge in [-0.3, -0.25) is 9.78 Å². The van der Waals surface area contributed by atoms with Crippen molar-refractivity contribution in [2.45, 2.75) is 48.5 Å². The number of rotatable bonds is 2. The summed E-state index contributed by atoms with van der Waals surface area (Å²) in [5.74, 6) is -1.64. The third-order valence-electron chi connectivity index (χ3n) is 4.74. The third kappa shape index (κ3) is 8.13. The Hall–Kier alpha value is -2.43. The minimum absolute atomic E-state index is 0. The van der Waals surface area contributed by atoms with Crippen molar-refractivity contribution in [2.75, 3.05) is 0 Å². The zero-order valence-electron chi connectivity index (χ0n) is 20.0. The van der Waals surface area contributed by atoms with E-state index < -0.39 is 17.0 Å². The van der Waals surface area contributed by atoms with Crippen molar-refractivity contribution >= 4 is 16.7 Å². The number of hydrogen-bond acceptors (Lipinski definition) is 3. The van der Waals surface area contributed by atoms with E-state index in [4.69, 9.17) is 0 Å². The number of carbonyl (C=O) groups excluding carboxylic acids is 1. The second-order valence-electron chi connectivity index (χ2n) is 9.83. The second-order valence-corrected chi connectivity index (χ2v) is 9.83. The number of fused-ring (bicyclic) bond motifs is 1. The molecule has 0 aliphatic heterocycles. The van der Waals surface area contributed by atoms with Crippen LogP contribution in [0.4, 0.5) is 8.78 Å². The van der Waals surface area contributed by atoms with Gasteiger partial charge in [-0.2, -0.15) is 0 Å². The fourth-order valence-electron chi connectivity index (χ4n) is 2.55. The van der Waals surface area contributed by atoms with E-state index in [0.717, 1.165) is 23.3 Å². The van der Waals surface area contributed by atoms with E-state index in [-0.39, 0.29) is 37.1 Å². The zero-order valence-corrected chi connectivity index (χ0v) is 22.4. The first-order valence-electron chi connectivity index (χ1n) is 10.4. The van der Waals surface area contributed by atoms with Gasteiger partial charge in [-0.25, -0.2) is 8.78 Å². The van der Waals surface area contributed by atoms with Crippen molar-refractivity contribution in [3.05, 3.63) is 77.6 Å². The van der Waals surface area contributed by atoms with Crippen molar-refractivity contribution < 1.29 is 38.8 Å². The van der Waals surface area contributed by atoms with Crippen LogP contribution in [0.1, 0.15) is 47.1 Å². The van der Waals surface area contributed by atoms with Gasteiger partial charge < -0.3 is 5.11 Å².